The number of hydrogen-bond acceptors (Lipinski definition) is 4. The van der Waals surface area contributed by atoms with Gasteiger partial charge in [-0.15, -0.1) is 0 Å². The molecule has 1 fully saturated rings. The Balaban J connectivity index is 2.06. The van der Waals surface area contributed by atoms with Crippen molar-refractivity contribution < 1.29 is 27.4 Å². The van der Waals surface area contributed by atoms with E-state index in [-0.39, 0.29) is 18.7 Å². The summed E-state index contributed by atoms with van der Waals surface area (Å²) >= 11 is 0. The zero-order chi connectivity index (χ0) is 15.0. The lowest BCUT2D eigenvalue weighted by Gasteiger charge is -2.31. The molecule has 1 rings (SSSR count). The molecule has 0 aliphatic carbocycles. The van der Waals surface area contributed by atoms with Gasteiger partial charge in [0.25, 0.3) is 0 Å². The monoisotopic (exact) mass is 298 g/mol. The molecule has 1 heterocycles. The van der Waals surface area contributed by atoms with Crippen LogP contribution < -0.4 is 5.32 Å². The SMILES string of the molecule is CCOC(=O)N1CCC(NCCOCC(F)(F)F)CC1. The Morgan fingerprint density at radius 3 is 2.55 bits per heavy atom. The number of amides is 1. The van der Waals surface area contributed by atoms with E-state index in [0.29, 0.717) is 26.2 Å². The summed E-state index contributed by atoms with van der Waals surface area (Å²) in [6, 6.07) is 0.204. The molecule has 118 valence electrons. The largest absolute Gasteiger partial charge is 0.450 e. The highest BCUT2D eigenvalue weighted by Crippen LogP contribution is 2.14. The lowest BCUT2D eigenvalue weighted by molar-refractivity contribution is -0.173. The number of nitrogens with zero attached hydrogens (tertiary/aromatic N) is 1. The van der Waals surface area contributed by atoms with Gasteiger partial charge in [-0.05, 0) is 19.8 Å². The van der Waals surface area contributed by atoms with Gasteiger partial charge in [-0.3, -0.25) is 0 Å². The molecule has 0 atom stereocenters. The second-order valence-electron chi connectivity index (χ2n) is 4.58. The van der Waals surface area contributed by atoms with Gasteiger partial charge in [0.05, 0.1) is 13.2 Å². The first-order valence-electron chi connectivity index (χ1n) is 6.72. The third kappa shape index (κ3) is 6.95. The zero-order valence-electron chi connectivity index (χ0n) is 11.5. The zero-order valence-corrected chi connectivity index (χ0v) is 11.5. The van der Waals surface area contributed by atoms with E-state index in [0.717, 1.165) is 12.8 Å². The summed E-state index contributed by atoms with van der Waals surface area (Å²) in [5, 5.41) is 3.13. The van der Waals surface area contributed by atoms with Gasteiger partial charge in [0.15, 0.2) is 0 Å². The van der Waals surface area contributed by atoms with E-state index in [9.17, 15) is 18.0 Å². The van der Waals surface area contributed by atoms with Gasteiger partial charge in [-0.2, -0.15) is 13.2 Å². The minimum Gasteiger partial charge on any atom is -0.450 e. The number of carbonyl (C=O) groups is 1. The Morgan fingerprint density at radius 2 is 2.00 bits per heavy atom. The molecule has 0 spiro atoms. The van der Waals surface area contributed by atoms with E-state index in [1.165, 1.54) is 0 Å². The first kappa shape index (κ1) is 17.0. The van der Waals surface area contributed by atoms with E-state index in [1.54, 1.807) is 11.8 Å². The van der Waals surface area contributed by atoms with Crippen LogP contribution in [0.15, 0.2) is 0 Å². The molecule has 1 N–H and O–H groups in total. The van der Waals surface area contributed by atoms with E-state index >= 15 is 0 Å². The predicted molar refractivity (Wildman–Crippen MR) is 66.5 cm³/mol. The quantitative estimate of drug-likeness (QED) is 0.759. The molecular weight excluding hydrogens is 277 g/mol. The van der Waals surface area contributed by atoms with Crippen molar-refractivity contribution >= 4 is 6.09 Å². The van der Waals surface area contributed by atoms with Crippen molar-refractivity contribution in [2.75, 3.05) is 39.5 Å². The van der Waals surface area contributed by atoms with Crippen molar-refractivity contribution in [3.8, 4) is 0 Å². The standard InChI is InChI=1S/C12H21F3N2O3/c1-2-20-11(18)17-6-3-10(4-7-17)16-5-8-19-9-12(13,14)15/h10,16H,2-9H2,1H3. The van der Waals surface area contributed by atoms with Crippen LogP contribution in [0.5, 0.6) is 0 Å². The minimum absolute atomic E-state index is 0.0254. The number of likely N-dealkylation sites (tertiary alicyclic amines) is 1. The molecule has 1 aliphatic heterocycles. The first-order valence-corrected chi connectivity index (χ1v) is 6.72. The molecule has 5 nitrogen and oxygen atoms in total. The Bertz CT molecular complexity index is 292. The highest BCUT2D eigenvalue weighted by molar-refractivity contribution is 5.67. The fourth-order valence-electron chi connectivity index (χ4n) is 2.00. The van der Waals surface area contributed by atoms with Crippen molar-refractivity contribution in [1.82, 2.24) is 10.2 Å². The number of alkyl halides is 3. The maximum Gasteiger partial charge on any atom is 0.411 e. The van der Waals surface area contributed by atoms with Crippen LogP contribution in [0.3, 0.4) is 0 Å². The fraction of sp³-hybridized carbons (Fsp3) is 0.917. The number of halogens is 3. The second kappa shape index (κ2) is 8.31. The van der Waals surface area contributed by atoms with Gasteiger partial charge >= 0.3 is 12.3 Å². The van der Waals surface area contributed by atoms with Gasteiger partial charge in [-0.25, -0.2) is 4.79 Å². The maximum atomic E-state index is 11.8. The van der Waals surface area contributed by atoms with E-state index in [2.05, 4.69) is 10.1 Å². The lowest BCUT2D eigenvalue weighted by atomic mass is 10.1. The molecule has 1 aliphatic rings. The number of rotatable bonds is 6. The third-order valence-electron chi connectivity index (χ3n) is 2.97. The van der Waals surface area contributed by atoms with Crippen molar-refractivity contribution in [2.45, 2.75) is 32.0 Å². The van der Waals surface area contributed by atoms with Crippen LogP contribution in [0.4, 0.5) is 18.0 Å². The van der Waals surface area contributed by atoms with E-state index in [4.69, 9.17) is 4.74 Å². The average molecular weight is 298 g/mol. The van der Waals surface area contributed by atoms with Crippen LogP contribution in [0.25, 0.3) is 0 Å². The molecule has 1 saturated heterocycles. The number of carbonyl (C=O) groups excluding carboxylic acids is 1. The molecule has 20 heavy (non-hydrogen) atoms. The van der Waals surface area contributed by atoms with Crippen LogP contribution in [0.2, 0.25) is 0 Å². The van der Waals surface area contributed by atoms with Crippen LogP contribution in [0, 0.1) is 0 Å². The van der Waals surface area contributed by atoms with Crippen molar-refractivity contribution in [2.24, 2.45) is 0 Å². The highest BCUT2D eigenvalue weighted by Gasteiger charge is 2.27. The molecule has 0 aromatic heterocycles. The topological polar surface area (TPSA) is 50.8 Å². The van der Waals surface area contributed by atoms with Crippen LogP contribution in [-0.2, 0) is 9.47 Å². The molecule has 0 aromatic carbocycles. The van der Waals surface area contributed by atoms with Crippen molar-refractivity contribution in [1.29, 1.82) is 0 Å². The Labute approximate surface area is 116 Å². The fourth-order valence-corrected chi connectivity index (χ4v) is 2.00. The molecule has 0 aromatic rings. The molecule has 0 radical (unpaired) electrons. The molecule has 0 unspecified atom stereocenters. The summed E-state index contributed by atoms with van der Waals surface area (Å²) in [5.41, 5.74) is 0. The summed E-state index contributed by atoms with van der Waals surface area (Å²) in [6.07, 6.45) is -3.05. The van der Waals surface area contributed by atoms with Crippen LogP contribution >= 0.6 is 0 Å². The predicted octanol–water partition coefficient (Wildman–Crippen LogP) is 1.78. The van der Waals surface area contributed by atoms with Gasteiger partial charge in [0.1, 0.15) is 6.61 Å². The van der Waals surface area contributed by atoms with Gasteiger partial charge in [0, 0.05) is 25.7 Å². The van der Waals surface area contributed by atoms with Crippen LogP contribution in [0.1, 0.15) is 19.8 Å². The number of piperidine rings is 1. The van der Waals surface area contributed by atoms with Gasteiger partial charge in [0.2, 0.25) is 0 Å². The Kier molecular flexibility index (Phi) is 7.08. The van der Waals surface area contributed by atoms with E-state index in [1.807, 2.05) is 0 Å². The maximum absolute atomic E-state index is 11.8. The minimum atomic E-state index is -4.27. The summed E-state index contributed by atoms with van der Waals surface area (Å²) in [6.45, 7) is 2.49. The number of nitrogens with one attached hydrogen (secondary N) is 1. The third-order valence-corrected chi connectivity index (χ3v) is 2.97. The smallest absolute Gasteiger partial charge is 0.411 e. The second-order valence-corrected chi connectivity index (χ2v) is 4.58. The Hall–Kier alpha value is -1.02. The molecule has 8 heteroatoms. The summed E-state index contributed by atoms with van der Waals surface area (Å²) < 4.78 is 44.9. The molecule has 0 saturated carbocycles. The van der Waals surface area contributed by atoms with E-state index < -0.39 is 12.8 Å². The molecule has 0 bridgehead atoms. The average Bonchev–Trinajstić information content (AvgIpc) is 2.38. The summed E-state index contributed by atoms with van der Waals surface area (Å²) in [4.78, 5) is 13.1. The van der Waals surface area contributed by atoms with Crippen LogP contribution in [-0.4, -0.2) is 62.7 Å². The van der Waals surface area contributed by atoms with Crippen molar-refractivity contribution in [3.05, 3.63) is 0 Å². The normalized spacial score (nSPS) is 17.3. The highest BCUT2D eigenvalue weighted by atomic mass is 19.4. The van der Waals surface area contributed by atoms with Crippen molar-refractivity contribution in [3.63, 3.8) is 0 Å². The Morgan fingerprint density at radius 1 is 1.35 bits per heavy atom. The van der Waals surface area contributed by atoms with Gasteiger partial charge in [-0.1, -0.05) is 0 Å². The lowest BCUT2D eigenvalue weighted by Crippen LogP contribution is -2.45. The number of hydrogen-bond donors (Lipinski definition) is 1. The first-order chi connectivity index (χ1) is 9.42. The number of ether oxygens (including phenoxy) is 2. The summed E-state index contributed by atoms with van der Waals surface area (Å²) in [7, 11) is 0. The molecule has 1 amide bonds. The summed E-state index contributed by atoms with van der Waals surface area (Å²) in [5.74, 6) is 0. The molecular formula is C12H21F3N2O3. The van der Waals surface area contributed by atoms with Gasteiger partial charge < -0.3 is 19.7 Å².